The highest BCUT2D eigenvalue weighted by atomic mass is 32.2. The maximum absolute atomic E-state index is 13.4. The number of nitrogens with zero attached hydrogens (tertiary/aromatic N) is 4. The molecular formula is C27H26F3N5O4S. The molecule has 5 rings (SSSR count). The van der Waals surface area contributed by atoms with E-state index in [4.69, 9.17) is 0 Å². The summed E-state index contributed by atoms with van der Waals surface area (Å²) in [6.07, 6.45) is -2.17. The Balaban J connectivity index is 1.29. The van der Waals surface area contributed by atoms with E-state index in [2.05, 4.69) is 15.3 Å². The highest BCUT2D eigenvalue weighted by Crippen LogP contribution is 2.29. The van der Waals surface area contributed by atoms with Gasteiger partial charge in [-0.25, -0.2) is 18.4 Å². The van der Waals surface area contributed by atoms with E-state index in [1.165, 1.54) is 22.6 Å². The minimum absolute atomic E-state index is 0.000141. The molecule has 40 heavy (non-hydrogen) atoms. The molecule has 0 fully saturated rings. The van der Waals surface area contributed by atoms with Crippen LogP contribution in [0.25, 0.3) is 0 Å². The van der Waals surface area contributed by atoms with E-state index in [1.54, 1.807) is 18.2 Å². The lowest BCUT2D eigenvalue weighted by molar-refractivity contribution is -0.186. The molecule has 0 spiro atoms. The van der Waals surface area contributed by atoms with Crippen molar-refractivity contribution in [1.82, 2.24) is 19.2 Å². The quantitative estimate of drug-likeness (QED) is 0.500. The van der Waals surface area contributed by atoms with Gasteiger partial charge < -0.3 is 4.90 Å². The fourth-order valence-electron chi connectivity index (χ4n) is 4.82. The van der Waals surface area contributed by atoms with Gasteiger partial charge in [0.05, 0.1) is 10.6 Å². The van der Waals surface area contributed by atoms with E-state index >= 15 is 0 Å². The maximum atomic E-state index is 13.4. The molecule has 2 aliphatic heterocycles. The van der Waals surface area contributed by atoms with Crippen molar-refractivity contribution < 1.29 is 31.2 Å². The molecule has 1 N–H and O–H groups in total. The highest BCUT2D eigenvalue weighted by Gasteiger charge is 2.43. The van der Waals surface area contributed by atoms with Crippen LogP contribution in [0, 0.1) is 0 Å². The van der Waals surface area contributed by atoms with Crippen LogP contribution in [0.4, 0.5) is 19.1 Å². The van der Waals surface area contributed by atoms with E-state index < -0.39 is 22.1 Å². The van der Waals surface area contributed by atoms with Gasteiger partial charge in [0.2, 0.25) is 16.0 Å². The Kier molecular flexibility index (Phi) is 7.36. The van der Waals surface area contributed by atoms with Crippen LogP contribution < -0.4 is 5.32 Å². The second-order valence-electron chi connectivity index (χ2n) is 9.66. The summed E-state index contributed by atoms with van der Waals surface area (Å²) in [6.45, 7) is 1.74. The molecule has 13 heteroatoms. The zero-order valence-corrected chi connectivity index (χ0v) is 22.3. The van der Waals surface area contributed by atoms with Gasteiger partial charge in [0.25, 0.3) is 5.91 Å². The number of aryl methyl sites for hydroxylation is 1. The van der Waals surface area contributed by atoms with Gasteiger partial charge in [0.1, 0.15) is 0 Å². The summed E-state index contributed by atoms with van der Waals surface area (Å²) in [5.41, 5.74) is 3.85. The number of anilines is 1. The molecule has 2 amide bonds. The molecule has 0 unspecified atom stereocenters. The molecule has 0 aliphatic carbocycles. The molecule has 210 valence electrons. The summed E-state index contributed by atoms with van der Waals surface area (Å²) in [4.78, 5) is 33.5. The Morgan fingerprint density at radius 1 is 0.975 bits per heavy atom. The molecular weight excluding hydrogens is 547 g/mol. The van der Waals surface area contributed by atoms with Crippen molar-refractivity contribution >= 4 is 27.8 Å². The van der Waals surface area contributed by atoms with E-state index in [1.807, 2.05) is 19.1 Å². The Morgan fingerprint density at radius 3 is 2.42 bits per heavy atom. The van der Waals surface area contributed by atoms with Crippen molar-refractivity contribution in [2.75, 3.05) is 18.4 Å². The van der Waals surface area contributed by atoms with Gasteiger partial charge >= 0.3 is 12.1 Å². The van der Waals surface area contributed by atoms with Crippen molar-refractivity contribution in [2.45, 2.75) is 50.3 Å². The van der Waals surface area contributed by atoms with Gasteiger partial charge in [-0.3, -0.25) is 14.9 Å². The predicted molar refractivity (Wildman–Crippen MR) is 139 cm³/mol. The van der Waals surface area contributed by atoms with E-state index in [0.717, 1.165) is 12.0 Å². The zero-order valence-electron chi connectivity index (χ0n) is 21.5. The summed E-state index contributed by atoms with van der Waals surface area (Å²) in [5, 5.41) is 2.67. The number of carbonyl (C=O) groups excluding carboxylic acids is 2. The summed E-state index contributed by atoms with van der Waals surface area (Å²) >= 11 is 0. The Bertz CT molecular complexity index is 1580. The molecule has 9 nitrogen and oxygen atoms in total. The van der Waals surface area contributed by atoms with Crippen LogP contribution in [0.15, 0.2) is 53.6 Å². The molecule has 1 aromatic heterocycles. The average molecular weight is 574 g/mol. The topological polar surface area (TPSA) is 113 Å². The number of amides is 2. The lowest BCUT2D eigenvalue weighted by Gasteiger charge is -2.31. The first-order valence-electron chi connectivity index (χ1n) is 12.7. The first-order valence-corrected chi connectivity index (χ1v) is 14.1. The first-order chi connectivity index (χ1) is 19.0. The Hall–Kier alpha value is -3.84. The largest absolute Gasteiger partial charge is 0.471 e. The van der Waals surface area contributed by atoms with Gasteiger partial charge in [-0.05, 0) is 53.8 Å². The lowest BCUT2D eigenvalue weighted by atomic mass is 10.00. The number of sulfonamides is 1. The number of benzene rings is 2. The maximum Gasteiger partial charge on any atom is 0.471 e. The Labute approximate surface area is 229 Å². The van der Waals surface area contributed by atoms with Gasteiger partial charge in [-0.1, -0.05) is 25.1 Å². The minimum atomic E-state index is -4.99. The van der Waals surface area contributed by atoms with E-state index in [-0.39, 0.29) is 55.8 Å². The third-order valence-electron chi connectivity index (χ3n) is 7.11. The van der Waals surface area contributed by atoms with E-state index in [9.17, 15) is 31.2 Å². The second-order valence-corrected chi connectivity index (χ2v) is 11.6. The minimum Gasteiger partial charge on any atom is -0.330 e. The average Bonchev–Trinajstić information content (AvgIpc) is 2.95. The number of nitrogens with one attached hydrogen (secondary N) is 1. The third-order valence-corrected chi connectivity index (χ3v) is 8.95. The molecule has 0 bridgehead atoms. The number of fused-ring (bicyclic) bond motifs is 2. The van der Waals surface area contributed by atoms with Crippen LogP contribution in [0.3, 0.4) is 0 Å². The summed E-state index contributed by atoms with van der Waals surface area (Å²) in [7, 11) is -3.99. The number of hydrogen-bond donors (Lipinski definition) is 1. The van der Waals surface area contributed by atoms with Crippen LogP contribution in [0.1, 0.15) is 45.2 Å². The summed E-state index contributed by atoms with van der Waals surface area (Å²) in [5.74, 6) is -2.18. The van der Waals surface area contributed by atoms with Crippen molar-refractivity contribution in [3.05, 3.63) is 82.2 Å². The van der Waals surface area contributed by atoms with E-state index in [0.29, 0.717) is 32.8 Å². The number of rotatable bonds is 5. The SMILES string of the molecule is CCc1ccc(C(=O)Nc2ncc3c(n2)CCN(S(=O)(=O)c2ccc4c(c2)CN(C(=O)C(F)(F)F)CC4)C3)cc1. The molecule has 2 aromatic carbocycles. The number of carbonyl (C=O) groups is 2. The Morgan fingerprint density at radius 2 is 1.73 bits per heavy atom. The third kappa shape index (κ3) is 5.56. The molecule has 3 aromatic rings. The molecule has 0 atom stereocenters. The molecule has 3 heterocycles. The summed E-state index contributed by atoms with van der Waals surface area (Å²) < 4.78 is 66.9. The normalized spacial score (nSPS) is 15.8. The number of halogens is 3. The van der Waals surface area contributed by atoms with Crippen molar-refractivity contribution in [3.63, 3.8) is 0 Å². The predicted octanol–water partition coefficient (Wildman–Crippen LogP) is 3.49. The van der Waals surface area contributed by atoms with Crippen LogP contribution in [-0.4, -0.2) is 58.7 Å². The van der Waals surface area contributed by atoms with Crippen LogP contribution >= 0.6 is 0 Å². The number of alkyl halides is 3. The molecule has 2 aliphatic rings. The van der Waals surface area contributed by atoms with Crippen LogP contribution in [0.2, 0.25) is 0 Å². The van der Waals surface area contributed by atoms with Crippen LogP contribution in [0.5, 0.6) is 0 Å². The van der Waals surface area contributed by atoms with Gasteiger partial charge in [0, 0.05) is 49.9 Å². The smallest absolute Gasteiger partial charge is 0.330 e. The van der Waals surface area contributed by atoms with Gasteiger partial charge in [-0.15, -0.1) is 0 Å². The van der Waals surface area contributed by atoms with Crippen molar-refractivity contribution in [3.8, 4) is 0 Å². The molecule has 0 saturated carbocycles. The summed E-state index contributed by atoms with van der Waals surface area (Å²) in [6, 6.07) is 11.6. The van der Waals surface area contributed by atoms with Crippen LogP contribution in [-0.2, 0) is 47.2 Å². The highest BCUT2D eigenvalue weighted by molar-refractivity contribution is 7.89. The van der Waals surface area contributed by atoms with Gasteiger partial charge in [0.15, 0.2) is 0 Å². The van der Waals surface area contributed by atoms with Crippen molar-refractivity contribution in [1.29, 1.82) is 0 Å². The fourth-order valence-corrected chi connectivity index (χ4v) is 6.29. The molecule has 0 saturated heterocycles. The lowest BCUT2D eigenvalue weighted by Crippen LogP contribution is -2.43. The number of aromatic nitrogens is 2. The second kappa shape index (κ2) is 10.6. The fraction of sp³-hybridized carbons (Fsp3) is 0.333. The standard InChI is InChI=1S/C27H26F3N5O4S/c1-2-17-3-5-19(6-4-17)24(36)33-26-31-14-21-16-35(12-10-23(21)32-26)40(38,39)22-8-7-18-9-11-34(15-20(18)13-22)25(37)27(28,29)30/h3-8,13-14H,2,9-12,15-16H2,1H3,(H,31,32,33,36). The first kappa shape index (κ1) is 27.7. The van der Waals surface area contributed by atoms with Crippen molar-refractivity contribution in [2.24, 2.45) is 0 Å². The van der Waals surface area contributed by atoms with Gasteiger partial charge in [-0.2, -0.15) is 17.5 Å². The molecule has 0 radical (unpaired) electrons. The number of hydrogen-bond acceptors (Lipinski definition) is 6. The monoisotopic (exact) mass is 573 g/mol. The zero-order chi connectivity index (χ0) is 28.7.